The van der Waals surface area contributed by atoms with Gasteiger partial charge in [-0.05, 0) is 24.1 Å². The fourth-order valence-corrected chi connectivity index (χ4v) is 5.30. The smallest absolute Gasteiger partial charge is 0.211 e. The van der Waals surface area contributed by atoms with E-state index in [4.69, 9.17) is 4.74 Å². The Balaban J connectivity index is 1.72. The number of hydrogen-bond donors (Lipinski definition) is 0. The number of thiophene rings is 1. The number of fused-ring (bicyclic) bond motifs is 1. The van der Waals surface area contributed by atoms with Crippen molar-refractivity contribution in [1.29, 1.82) is 0 Å². The molecular formula is C19H22N4O3S2. The fourth-order valence-electron chi connectivity index (χ4n) is 3.52. The molecular weight excluding hydrogens is 396 g/mol. The van der Waals surface area contributed by atoms with E-state index in [0.717, 1.165) is 45.9 Å². The van der Waals surface area contributed by atoms with Gasteiger partial charge in [-0.3, -0.25) is 0 Å². The Bertz CT molecular complexity index is 1080. The van der Waals surface area contributed by atoms with Gasteiger partial charge in [-0.15, -0.1) is 11.3 Å². The van der Waals surface area contributed by atoms with Crippen LogP contribution in [0.2, 0.25) is 0 Å². The molecule has 0 atom stereocenters. The van der Waals surface area contributed by atoms with E-state index >= 15 is 0 Å². The van der Waals surface area contributed by atoms with E-state index < -0.39 is 10.0 Å². The normalized spacial score (nSPS) is 16.3. The van der Waals surface area contributed by atoms with Crippen LogP contribution in [0.3, 0.4) is 0 Å². The lowest BCUT2D eigenvalue weighted by atomic mass is 10.1. The highest BCUT2D eigenvalue weighted by Gasteiger charge is 2.24. The molecule has 7 nitrogen and oxygen atoms in total. The third-order valence-electron chi connectivity index (χ3n) is 4.97. The van der Waals surface area contributed by atoms with E-state index in [-0.39, 0.29) is 0 Å². The third kappa shape index (κ3) is 3.69. The van der Waals surface area contributed by atoms with Gasteiger partial charge in [0, 0.05) is 37.1 Å². The summed E-state index contributed by atoms with van der Waals surface area (Å²) < 4.78 is 30.6. The summed E-state index contributed by atoms with van der Waals surface area (Å²) in [4.78, 5) is 12.1. The predicted octanol–water partition coefficient (Wildman–Crippen LogP) is 2.84. The van der Waals surface area contributed by atoms with Gasteiger partial charge in [0.25, 0.3) is 0 Å². The maximum atomic E-state index is 11.9. The van der Waals surface area contributed by atoms with Crippen molar-refractivity contribution in [3.05, 3.63) is 36.0 Å². The molecule has 2 aromatic heterocycles. The Morgan fingerprint density at radius 2 is 1.86 bits per heavy atom. The molecule has 1 fully saturated rings. The Kier molecular flexibility index (Phi) is 5.22. The quantitative estimate of drug-likeness (QED) is 0.649. The van der Waals surface area contributed by atoms with Crippen molar-refractivity contribution in [1.82, 2.24) is 14.3 Å². The highest BCUT2D eigenvalue weighted by molar-refractivity contribution is 7.88. The minimum absolute atomic E-state index is 0.465. The van der Waals surface area contributed by atoms with Crippen LogP contribution >= 0.6 is 11.3 Å². The number of nitrogens with zero attached hydrogens (tertiary/aromatic N) is 4. The third-order valence-corrected chi connectivity index (χ3v) is 7.16. The summed E-state index contributed by atoms with van der Waals surface area (Å²) in [5.41, 5.74) is 2.16. The molecule has 4 rings (SSSR count). The summed E-state index contributed by atoms with van der Waals surface area (Å²) in [6, 6.07) is 7.95. The standard InChI is InChI=1S/C19H22N4O3S2/c1-26-15-6-4-14(5-7-15)16-12-27-19-17(16)18(20-13-21-19)22-8-3-9-23(11-10-22)28(2,24)25/h4-7,12-13H,3,8-11H2,1-2H3. The van der Waals surface area contributed by atoms with Crippen LogP contribution in [0.15, 0.2) is 36.0 Å². The van der Waals surface area contributed by atoms with Crippen molar-refractivity contribution in [2.24, 2.45) is 0 Å². The molecule has 3 aromatic rings. The van der Waals surface area contributed by atoms with E-state index in [2.05, 4.69) is 20.2 Å². The molecule has 0 radical (unpaired) electrons. The Hall–Kier alpha value is -2.23. The first-order valence-electron chi connectivity index (χ1n) is 9.04. The first-order valence-corrected chi connectivity index (χ1v) is 11.8. The molecule has 0 aliphatic carbocycles. The van der Waals surface area contributed by atoms with Crippen LogP contribution in [0.1, 0.15) is 6.42 Å². The van der Waals surface area contributed by atoms with Gasteiger partial charge < -0.3 is 9.64 Å². The minimum atomic E-state index is -3.18. The number of rotatable bonds is 4. The second-order valence-electron chi connectivity index (χ2n) is 6.76. The van der Waals surface area contributed by atoms with E-state index in [1.165, 1.54) is 6.26 Å². The first-order chi connectivity index (χ1) is 13.5. The molecule has 1 aromatic carbocycles. The van der Waals surface area contributed by atoms with E-state index in [9.17, 15) is 8.42 Å². The molecule has 148 valence electrons. The second-order valence-corrected chi connectivity index (χ2v) is 9.60. The maximum absolute atomic E-state index is 11.9. The molecule has 0 saturated carbocycles. The zero-order valence-corrected chi connectivity index (χ0v) is 17.5. The topological polar surface area (TPSA) is 75.6 Å². The lowest BCUT2D eigenvalue weighted by molar-refractivity contribution is 0.415. The average molecular weight is 419 g/mol. The van der Waals surface area contributed by atoms with Crippen molar-refractivity contribution >= 4 is 37.4 Å². The van der Waals surface area contributed by atoms with Crippen LogP contribution in [-0.4, -0.2) is 62.2 Å². The Labute approximate surface area is 168 Å². The summed E-state index contributed by atoms with van der Waals surface area (Å²) in [6.45, 7) is 2.37. The summed E-state index contributed by atoms with van der Waals surface area (Å²) in [7, 11) is -1.53. The monoisotopic (exact) mass is 418 g/mol. The van der Waals surface area contributed by atoms with Crippen LogP contribution in [0.5, 0.6) is 5.75 Å². The highest BCUT2D eigenvalue weighted by atomic mass is 32.2. The van der Waals surface area contributed by atoms with E-state index in [1.54, 1.807) is 29.1 Å². The SMILES string of the molecule is COc1ccc(-c2csc3ncnc(N4CCCN(S(C)(=O)=O)CC4)c23)cc1. The number of methoxy groups -OCH3 is 1. The lowest BCUT2D eigenvalue weighted by Gasteiger charge is -2.23. The summed E-state index contributed by atoms with van der Waals surface area (Å²) >= 11 is 1.59. The van der Waals surface area contributed by atoms with E-state index in [1.807, 2.05) is 24.3 Å². The molecule has 1 saturated heterocycles. The zero-order valence-electron chi connectivity index (χ0n) is 15.8. The highest BCUT2D eigenvalue weighted by Crippen LogP contribution is 2.38. The van der Waals surface area contributed by atoms with Gasteiger partial charge in [0.05, 0.1) is 18.8 Å². The van der Waals surface area contributed by atoms with Crippen LogP contribution in [0.25, 0.3) is 21.3 Å². The van der Waals surface area contributed by atoms with E-state index in [0.29, 0.717) is 19.6 Å². The molecule has 0 amide bonds. The Morgan fingerprint density at radius 3 is 2.57 bits per heavy atom. The summed E-state index contributed by atoms with van der Waals surface area (Å²) in [5, 5.41) is 3.12. The molecule has 0 bridgehead atoms. The minimum Gasteiger partial charge on any atom is -0.497 e. The second kappa shape index (κ2) is 7.65. The zero-order chi connectivity index (χ0) is 19.7. The van der Waals surface area contributed by atoms with Gasteiger partial charge in [0.15, 0.2) is 0 Å². The van der Waals surface area contributed by atoms with Crippen LogP contribution in [0, 0.1) is 0 Å². The number of anilines is 1. The summed E-state index contributed by atoms with van der Waals surface area (Å²) in [5.74, 6) is 1.68. The molecule has 0 unspecified atom stereocenters. The molecule has 3 heterocycles. The van der Waals surface area contributed by atoms with Gasteiger partial charge >= 0.3 is 0 Å². The number of ether oxygens (including phenoxy) is 1. The predicted molar refractivity (Wildman–Crippen MR) is 113 cm³/mol. The van der Waals surface area contributed by atoms with Crippen molar-refractivity contribution in [3.8, 4) is 16.9 Å². The van der Waals surface area contributed by atoms with Crippen molar-refractivity contribution in [2.75, 3.05) is 44.4 Å². The Morgan fingerprint density at radius 1 is 1.07 bits per heavy atom. The van der Waals surface area contributed by atoms with Crippen molar-refractivity contribution in [2.45, 2.75) is 6.42 Å². The lowest BCUT2D eigenvalue weighted by Crippen LogP contribution is -2.34. The maximum Gasteiger partial charge on any atom is 0.211 e. The number of hydrogen-bond acceptors (Lipinski definition) is 7. The van der Waals surface area contributed by atoms with Gasteiger partial charge in [0.1, 0.15) is 22.7 Å². The first kappa shape index (κ1) is 19.1. The molecule has 9 heteroatoms. The fraction of sp³-hybridized carbons (Fsp3) is 0.368. The molecule has 0 N–H and O–H groups in total. The van der Waals surface area contributed by atoms with Gasteiger partial charge in [0.2, 0.25) is 10.0 Å². The van der Waals surface area contributed by atoms with Crippen molar-refractivity contribution in [3.63, 3.8) is 0 Å². The van der Waals surface area contributed by atoms with Gasteiger partial charge in [-0.1, -0.05) is 12.1 Å². The average Bonchev–Trinajstić information content (AvgIpc) is 2.96. The van der Waals surface area contributed by atoms with Gasteiger partial charge in [-0.25, -0.2) is 22.7 Å². The molecule has 28 heavy (non-hydrogen) atoms. The van der Waals surface area contributed by atoms with Crippen LogP contribution in [-0.2, 0) is 10.0 Å². The van der Waals surface area contributed by atoms with Gasteiger partial charge in [-0.2, -0.15) is 0 Å². The molecule has 0 spiro atoms. The largest absolute Gasteiger partial charge is 0.497 e. The number of benzene rings is 1. The molecule has 1 aliphatic rings. The van der Waals surface area contributed by atoms with Crippen LogP contribution < -0.4 is 9.64 Å². The van der Waals surface area contributed by atoms with Crippen molar-refractivity contribution < 1.29 is 13.2 Å². The summed E-state index contributed by atoms with van der Waals surface area (Å²) in [6.07, 6.45) is 3.62. The van der Waals surface area contributed by atoms with Crippen LogP contribution in [0.4, 0.5) is 5.82 Å². The molecule has 1 aliphatic heterocycles. The number of sulfonamides is 1. The number of aromatic nitrogens is 2.